The van der Waals surface area contributed by atoms with Crippen molar-refractivity contribution < 1.29 is 13.9 Å². The SMILES string of the molecule is C#CCNC(=O)C(C)Oc1cc(F)cc(CC(C)N)c1. The Morgan fingerprint density at radius 1 is 1.50 bits per heavy atom. The van der Waals surface area contributed by atoms with Crippen LogP contribution in [0, 0.1) is 18.2 Å². The van der Waals surface area contributed by atoms with Gasteiger partial charge in [0, 0.05) is 12.1 Å². The normalized spacial score (nSPS) is 13.2. The third-order valence-electron chi connectivity index (χ3n) is 2.54. The number of carbonyl (C=O) groups excluding carboxylic acids is 1. The Morgan fingerprint density at radius 3 is 2.80 bits per heavy atom. The molecular formula is C15H19FN2O2. The molecule has 1 aromatic carbocycles. The van der Waals surface area contributed by atoms with Crippen molar-refractivity contribution in [2.75, 3.05) is 6.54 Å². The van der Waals surface area contributed by atoms with E-state index in [0.717, 1.165) is 5.56 Å². The van der Waals surface area contributed by atoms with Gasteiger partial charge in [0.25, 0.3) is 5.91 Å². The van der Waals surface area contributed by atoms with Gasteiger partial charge in [-0.3, -0.25) is 4.79 Å². The summed E-state index contributed by atoms with van der Waals surface area (Å²) in [5.41, 5.74) is 6.41. The first-order valence-electron chi connectivity index (χ1n) is 6.35. The number of benzene rings is 1. The first-order chi connectivity index (χ1) is 9.42. The highest BCUT2D eigenvalue weighted by Gasteiger charge is 2.14. The molecule has 0 aliphatic carbocycles. The minimum Gasteiger partial charge on any atom is -0.481 e. The molecule has 0 aliphatic rings. The van der Waals surface area contributed by atoms with Gasteiger partial charge in [-0.1, -0.05) is 5.92 Å². The standard InChI is InChI=1S/C15H19FN2O2/c1-4-5-18-15(19)11(3)20-14-8-12(6-10(2)17)7-13(16)9-14/h1,7-11H,5-6,17H2,2-3H3,(H,18,19). The van der Waals surface area contributed by atoms with Gasteiger partial charge in [0.2, 0.25) is 0 Å². The number of halogens is 1. The molecule has 0 aliphatic heterocycles. The smallest absolute Gasteiger partial charge is 0.261 e. The van der Waals surface area contributed by atoms with E-state index in [0.29, 0.717) is 12.2 Å². The minimum atomic E-state index is -0.756. The van der Waals surface area contributed by atoms with Crippen LogP contribution in [0.25, 0.3) is 0 Å². The second-order valence-electron chi connectivity index (χ2n) is 4.66. The van der Waals surface area contributed by atoms with E-state index >= 15 is 0 Å². The van der Waals surface area contributed by atoms with Crippen LogP contribution in [-0.4, -0.2) is 24.6 Å². The minimum absolute atomic E-state index is 0.0824. The zero-order valence-corrected chi connectivity index (χ0v) is 11.7. The molecule has 0 fully saturated rings. The van der Waals surface area contributed by atoms with Crippen LogP contribution in [0.1, 0.15) is 19.4 Å². The molecule has 2 unspecified atom stereocenters. The van der Waals surface area contributed by atoms with Gasteiger partial charge in [0.15, 0.2) is 6.10 Å². The lowest BCUT2D eigenvalue weighted by molar-refractivity contribution is -0.127. The van der Waals surface area contributed by atoms with Crippen LogP contribution >= 0.6 is 0 Å². The third-order valence-corrected chi connectivity index (χ3v) is 2.54. The maximum Gasteiger partial charge on any atom is 0.261 e. The molecule has 0 heterocycles. The molecule has 5 heteroatoms. The van der Waals surface area contributed by atoms with Gasteiger partial charge >= 0.3 is 0 Å². The highest BCUT2D eigenvalue weighted by molar-refractivity contribution is 5.80. The average molecular weight is 278 g/mol. The molecule has 2 atom stereocenters. The predicted octanol–water partition coefficient (Wildman–Crippen LogP) is 1.23. The summed E-state index contributed by atoms with van der Waals surface area (Å²) in [6.07, 6.45) is 4.83. The summed E-state index contributed by atoms with van der Waals surface area (Å²) >= 11 is 0. The van der Waals surface area contributed by atoms with Crippen molar-refractivity contribution in [1.29, 1.82) is 0 Å². The fourth-order valence-corrected chi connectivity index (χ4v) is 1.72. The number of hydrogen-bond acceptors (Lipinski definition) is 3. The van der Waals surface area contributed by atoms with E-state index in [1.165, 1.54) is 12.1 Å². The highest BCUT2D eigenvalue weighted by Crippen LogP contribution is 2.18. The zero-order chi connectivity index (χ0) is 15.1. The van der Waals surface area contributed by atoms with E-state index in [1.807, 2.05) is 6.92 Å². The van der Waals surface area contributed by atoms with Crippen LogP contribution in [0.15, 0.2) is 18.2 Å². The largest absolute Gasteiger partial charge is 0.481 e. The lowest BCUT2D eigenvalue weighted by atomic mass is 10.1. The van der Waals surface area contributed by atoms with E-state index in [4.69, 9.17) is 16.9 Å². The molecule has 1 amide bonds. The van der Waals surface area contributed by atoms with Crippen LogP contribution in [0.2, 0.25) is 0 Å². The summed E-state index contributed by atoms with van der Waals surface area (Å²) in [4.78, 5) is 11.6. The quantitative estimate of drug-likeness (QED) is 0.769. The third kappa shape index (κ3) is 5.29. The molecule has 0 aromatic heterocycles. The summed E-state index contributed by atoms with van der Waals surface area (Å²) in [6.45, 7) is 3.54. The molecule has 0 spiro atoms. The first kappa shape index (κ1) is 16.0. The predicted molar refractivity (Wildman–Crippen MR) is 75.7 cm³/mol. The van der Waals surface area contributed by atoms with Crippen molar-refractivity contribution in [3.63, 3.8) is 0 Å². The molecule has 4 nitrogen and oxygen atoms in total. The second-order valence-corrected chi connectivity index (χ2v) is 4.66. The van der Waals surface area contributed by atoms with Gasteiger partial charge in [0.05, 0.1) is 6.54 Å². The zero-order valence-electron chi connectivity index (χ0n) is 11.7. The Morgan fingerprint density at radius 2 is 2.20 bits per heavy atom. The van der Waals surface area contributed by atoms with Crippen molar-refractivity contribution in [3.05, 3.63) is 29.6 Å². The molecular weight excluding hydrogens is 259 g/mol. The van der Waals surface area contributed by atoms with Crippen molar-refractivity contribution in [2.24, 2.45) is 5.73 Å². The number of hydrogen-bond donors (Lipinski definition) is 2. The summed E-state index contributed by atoms with van der Waals surface area (Å²) in [6, 6.07) is 4.23. The maximum absolute atomic E-state index is 13.5. The van der Waals surface area contributed by atoms with Gasteiger partial charge in [-0.15, -0.1) is 6.42 Å². The maximum atomic E-state index is 13.5. The number of nitrogens with one attached hydrogen (secondary N) is 1. The molecule has 0 saturated heterocycles. The molecule has 1 aromatic rings. The fourth-order valence-electron chi connectivity index (χ4n) is 1.72. The molecule has 1 rings (SSSR count). The molecule has 0 saturated carbocycles. The first-order valence-corrected chi connectivity index (χ1v) is 6.35. The molecule has 108 valence electrons. The van der Waals surface area contributed by atoms with Crippen LogP contribution in [-0.2, 0) is 11.2 Å². The van der Waals surface area contributed by atoms with E-state index in [2.05, 4.69) is 11.2 Å². The highest BCUT2D eigenvalue weighted by atomic mass is 19.1. The van der Waals surface area contributed by atoms with E-state index in [9.17, 15) is 9.18 Å². The summed E-state index contributed by atoms with van der Waals surface area (Å²) < 4.78 is 18.9. The number of rotatable bonds is 6. The van der Waals surface area contributed by atoms with Crippen LogP contribution < -0.4 is 15.8 Å². The number of nitrogens with two attached hydrogens (primary N) is 1. The lowest BCUT2D eigenvalue weighted by Crippen LogP contribution is -2.36. The van der Waals surface area contributed by atoms with Crippen molar-refractivity contribution >= 4 is 5.91 Å². The molecule has 0 radical (unpaired) electrons. The number of ether oxygens (including phenoxy) is 1. The Balaban J connectivity index is 2.74. The van der Waals surface area contributed by atoms with Gasteiger partial charge in [-0.05, 0) is 38.0 Å². The Kier molecular flexibility index (Phi) is 6.01. The van der Waals surface area contributed by atoms with E-state index in [-0.39, 0.29) is 18.5 Å². The topological polar surface area (TPSA) is 64.3 Å². The number of terminal acetylenes is 1. The van der Waals surface area contributed by atoms with E-state index < -0.39 is 11.9 Å². The fraction of sp³-hybridized carbons (Fsp3) is 0.400. The molecule has 3 N–H and O–H groups in total. The van der Waals surface area contributed by atoms with Crippen molar-refractivity contribution in [2.45, 2.75) is 32.4 Å². The molecule has 0 bridgehead atoms. The van der Waals surface area contributed by atoms with Crippen LogP contribution in [0.3, 0.4) is 0 Å². The number of amides is 1. The average Bonchev–Trinajstić information content (AvgIpc) is 2.34. The Hall–Kier alpha value is -2.06. The van der Waals surface area contributed by atoms with E-state index in [1.54, 1.807) is 13.0 Å². The Bertz CT molecular complexity index is 509. The van der Waals surface area contributed by atoms with Crippen molar-refractivity contribution in [3.8, 4) is 18.1 Å². The van der Waals surface area contributed by atoms with Gasteiger partial charge in [0.1, 0.15) is 11.6 Å². The second kappa shape index (κ2) is 7.51. The van der Waals surface area contributed by atoms with Gasteiger partial charge < -0.3 is 15.8 Å². The van der Waals surface area contributed by atoms with Crippen LogP contribution in [0.5, 0.6) is 5.75 Å². The summed E-state index contributed by atoms with van der Waals surface area (Å²) in [7, 11) is 0. The molecule has 20 heavy (non-hydrogen) atoms. The Labute approximate surface area is 118 Å². The monoisotopic (exact) mass is 278 g/mol. The number of carbonyl (C=O) groups is 1. The summed E-state index contributed by atoms with van der Waals surface area (Å²) in [5, 5.41) is 2.50. The van der Waals surface area contributed by atoms with Crippen LogP contribution in [0.4, 0.5) is 4.39 Å². The van der Waals surface area contributed by atoms with Crippen molar-refractivity contribution in [1.82, 2.24) is 5.32 Å². The lowest BCUT2D eigenvalue weighted by Gasteiger charge is -2.15. The van der Waals surface area contributed by atoms with Gasteiger partial charge in [-0.2, -0.15) is 0 Å². The summed E-state index contributed by atoms with van der Waals surface area (Å²) in [5.74, 6) is 1.82. The van der Waals surface area contributed by atoms with Gasteiger partial charge in [-0.25, -0.2) is 4.39 Å².